The minimum absolute atomic E-state index is 0.423. The first kappa shape index (κ1) is 14.8. The van der Waals surface area contributed by atoms with Crippen LogP contribution in [0.3, 0.4) is 0 Å². The summed E-state index contributed by atoms with van der Waals surface area (Å²) in [6, 6.07) is 0.423. The normalized spacial score (nSPS) is 25.6. The molecule has 1 aromatic rings. The molecule has 2 heterocycles. The number of rotatable bonds is 5. The van der Waals surface area contributed by atoms with Gasteiger partial charge in [-0.2, -0.15) is 0 Å². The molecule has 4 heteroatoms. The Morgan fingerprint density at radius 1 is 1.47 bits per heavy atom. The molecule has 108 valence electrons. The van der Waals surface area contributed by atoms with Gasteiger partial charge in [-0.05, 0) is 38.1 Å². The molecule has 19 heavy (non-hydrogen) atoms. The molecule has 3 atom stereocenters. The second-order valence-electron chi connectivity index (χ2n) is 5.91. The molecule has 1 aliphatic heterocycles. The average Bonchev–Trinajstić information content (AvgIpc) is 2.89. The number of hydrogen-bond donors (Lipinski definition) is 1. The molecular weight excluding hydrogens is 254 g/mol. The van der Waals surface area contributed by atoms with Crippen molar-refractivity contribution in [3.8, 4) is 0 Å². The fourth-order valence-electron chi connectivity index (χ4n) is 2.52. The maximum absolute atomic E-state index is 4.63. The van der Waals surface area contributed by atoms with Crippen molar-refractivity contribution in [2.75, 3.05) is 24.5 Å². The molecule has 0 aromatic carbocycles. The number of nitrogens with one attached hydrogen (secondary N) is 1. The summed E-state index contributed by atoms with van der Waals surface area (Å²) >= 11 is 1.85. The van der Waals surface area contributed by atoms with Crippen molar-refractivity contribution >= 4 is 16.5 Å². The van der Waals surface area contributed by atoms with Gasteiger partial charge >= 0.3 is 0 Å². The maximum atomic E-state index is 4.63. The average molecular weight is 281 g/mol. The van der Waals surface area contributed by atoms with Crippen LogP contribution in [0.15, 0.2) is 6.20 Å². The molecule has 0 bridgehead atoms. The topological polar surface area (TPSA) is 28.2 Å². The molecule has 3 unspecified atom stereocenters. The Hall–Kier alpha value is -0.610. The fourth-order valence-corrected chi connectivity index (χ4v) is 3.50. The number of anilines is 1. The Morgan fingerprint density at radius 3 is 2.95 bits per heavy atom. The van der Waals surface area contributed by atoms with Gasteiger partial charge in [-0.25, -0.2) is 4.98 Å². The van der Waals surface area contributed by atoms with E-state index in [-0.39, 0.29) is 0 Å². The van der Waals surface area contributed by atoms with E-state index in [4.69, 9.17) is 0 Å². The summed E-state index contributed by atoms with van der Waals surface area (Å²) in [6.45, 7) is 12.6. The van der Waals surface area contributed by atoms with Gasteiger partial charge in [-0.1, -0.05) is 20.8 Å². The third-order valence-electron chi connectivity index (χ3n) is 4.24. The van der Waals surface area contributed by atoms with Gasteiger partial charge in [0, 0.05) is 30.2 Å². The van der Waals surface area contributed by atoms with E-state index in [1.165, 1.54) is 22.9 Å². The molecule has 0 radical (unpaired) electrons. The molecular formula is C15H27N3S. The Bertz CT molecular complexity index is 390. The maximum Gasteiger partial charge on any atom is 0.185 e. The van der Waals surface area contributed by atoms with Gasteiger partial charge in [0.25, 0.3) is 0 Å². The molecule has 1 N–H and O–H groups in total. The summed E-state index contributed by atoms with van der Waals surface area (Å²) < 4.78 is 0. The molecule has 0 saturated carbocycles. The van der Waals surface area contributed by atoms with Crippen LogP contribution in [0.25, 0.3) is 0 Å². The molecule has 3 nitrogen and oxygen atoms in total. The second-order valence-corrected chi connectivity index (χ2v) is 6.95. The zero-order valence-corrected chi connectivity index (χ0v) is 13.5. The second kappa shape index (κ2) is 6.71. The number of aromatic nitrogens is 1. The van der Waals surface area contributed by atoms with Crippen molar-refractivity contribution in [3.63, 3.8) is 0 Å². The van der Waals surface area contributed by atoms with Crippen LogP contribution in [-0.2, 0) is 0 Å². The predicted molar refractivity (Wildman–Crippen MR) is 84.0 cm³/mol. The zero-order chi connectivity index (χ0) is 13.8. The van der Waals surface area contributed by atoms with Crippen molar-refractivity contribution in [3.05, 3.63) is 11.1 Å². The molecule has 1 aromatic heterocycles. The Morgan fingerprint density at radius 2 is 2.26 bits per heavy atom. The highest BCUT2D eigenvalue weighted by atomic mass is 32.1. The highest BCUT2D eigenvalue weighted by Gasteiger charge is 2.24. The minimum atomic E-state index is 0.423. The van der Waals surface area contributed by atoms with Gasteiger partial charge in [-0.15, -0.1) is 11.3 Å². The molecule has 0 spiro atoms. The standard InChI is InChI=1S/C15H27N3S/c1-5-7-16-13(4)14-9-17-15(19-14)18-8-6-11(2)12(3)10-18/h9,11-13,16H,5-8,10H2,1-4H3. The summed E-state index contributed by atoms with van der Waals surface area (Å²) in [5.74, 6) is 1.62. The molecule has 1 aliphatic rings. The summed E-state index contributed by atoms with van der Waals surface area (Å²) in [6.07, 6.45) is 4.52. The molecule has 2 rings (SSSR count). The molecule has 0 aliphatic carbocycles. The first-order valence-electron chi connectivity index (χ1n) is 7.55. The first-order valence-corrected chi connectivity index (χ1v) is 8.37. The van der Waals surface area contributed by atoms with E-state index in [1.54, 1.807) is 0 Å². The van der Waals surface area contributed by atoms with E-state index >= 15 is 0 Å². The van der Waals surface area contributed by atoms with Crippen LogP contribution in [0.5, 0.6) is 0 Å². The third kappa shape index (κ3) is 3.69. The van der Waals surface area contributed by atoms with Crippen LogP contribution in [0.2, 0.25) is 0 Å². The van der Waals surface area contributed by atoms with Gasteiger partial charge in [0.15, 0.2) is 5.13 Å². The summed E-state index contributed by atoms with van der Waals surface area (Å²) in [5.41, 5.74) is 0. The van der Waals surface area contributed by atoms with E-state index in [1.807, 2.05) is 11.3 Å². The third-order valence-corrected chi connectivity index (χ3v) is 5.48. The van der Waals surface area contributed by atoms with Crippen LogP contribution in [0.4, 0.5) is 5.13 Å². The summed E-state index contributed by atoms with van der Waals surface area (Å²) in [4.78, 5) is 8.45. The Balaban J connectivity index is 1.97. The lowest BCUT2D eigenvalue weighted by molar-refractivity contribution is 0.324. The number of thiazole rings is 1. The van der Waals surface area contributed by atoms with Crippen LogP contribution in [-0.4, -0.2) is 24.6 Å². The lowest BCUT2D eigenvalue weighted by Gasteiger charge is -2.35. The van der Waals surface area contributed by atoms with Crippen molar-refractivity contribution in [2.24, 2.45) is 11.8 Å². The quantitative estimate of drug-likeness (QED) is 0.892. The zero-order valence-electron chi connectivity index (χ0n) is 12.6. The van der Waals surface area contributed by atoms with Crippen molar-refractivity contribution < 1.29 is 0 Å². The lowest BCUT2D eigenvalue weighted by atomic mass is 9.89. The molecule has 1 saturated heterocycles. The highest BCUT2D eigenvalue weighted by Crippen LogP contribution is 2.31. The van der Waals surface area contributed by atoms with E-state index < -0.39 is 0 Å². The summed E-state index contributed by atoms with van der Waals surface area (Å²) in [7, 11) is 0. The lowest BCUT2D eigenvalue weighted by Crippen LogP contribution is -2.38. The predicted octanol–water partition coefficient (Wildman–Crippen LogP) is 3.69. The minimum Gasteiger partial charge on any atom is -0.348 e. The van der Waals surface area contributed by atoms with Crippen molar-refractivity contribution in [2.45, 2.75) is 46.6 Å². The number of nitrogens with zero attached hydrogens (tertiary/aromatic N) is 2. The summed E-state index contributed by atoms with van der Waals surface area (Å²) in [5, 5.41) is 4.74. The Labute approximate surface area is 121 Å². The monoisotopic (exact) mass is 281 g/mol. The van der Waals surface area contributed by atoms with Crippen LogP contribution in [0.1, 0.15) is 51.5 Å². The van der Waals surface area contributed by atoms with E-state index in [0.29, 0.717) is 6.04 Å². The number of hydrogen-bond acceptors (Lipinski definition) is 4. The van der Waals surface area contributed by atoms with Crippen molar-refractivity contribution in [1.29, 1.82) is 0 Å². The van der Waals surface area contributed by atoms with E-state index in [9.17, 15) is 0 Å². The van der Waals surface area contributed by atoms with E-state index in [2.05, 4.69) is 49.1 Å². The molecule has 1 fully saturated rings. The Kier molecular flexibility index (Phi) is 5.22. The molecule has 0 amide bonds. The van der Waals surface area contributed by atoms with Crippen LogP contribution < -0.4 is 10.2 Å². The van der Waals surface area contributed by atoms with E-state index in [0.717, 1.165) is 31.5 Å². The van der Waals surface area contributed by atoms with Crippen LogP contribution in [0, 0.1) is 11.8 Å². The number of piperidine rings is 1. The van der Waals surface area contributed by atoms with Gasteiger partial charge in [-0.3, -0.25) is 0 Å². The van der Waals surface area contributed by atoms with Gasteiger partial charge in [0.1, 0.15) is 0 Å². The van der Waals surface area contributed by atoms with Crippen molar-refractivity contribution in [1.82, 2.24) is 10.3 Å². The highest BCUT2D eigenvalue weighted by molar-refractivity contribution is 7.15. The first-order chi connectivity index (χ1) is 9.11. The SMILES string of the molecule is CCCNC(C)c1cnc(N2CCC(C)C(C)C2)s1. The van der Waals surface area contributed by atoms with Gasteiger partial charge in [0.2, 0.25) is 0 Å². The van der Waals surface area contributed by atoms with Crippen LogP contribution >= 0.6 is 11.3 Å². The fraction of sp³-hybridized carbons (Fsp3) is 0.800. The largest absolute Gasteiger partial charge is 0.348 e. The van der Waals surface area contributed by atoms with Gasteiger partial charge in [0.05, 0.1) is 0 Å². The smallest absolute Gasteiger partial charge is 0.185 e. The van der Waals surface area contributed by atoms with Gasteiger partial charge < -0.3 is 10.2 Å².